The monoisotopic (exact) mass is 192 g/mol. The standard InChI is InChI=1S/C11H16.CO2/c1-3-4-5-11-8-6-10(2)7-9-11;2-1-3/h6-9H,3-5H2,1-2H3;. The summed E-state index contributed by atoms with van der Waals surface area (Å²) in [5.74, 6) is 0. The van der Waals surface area contributed by atoms with Crippen molar-refractivity contribution < 1.29 is 9.59 Å². The highest BCUT2D eigenvalue weighted by Crippen LogP contribution is 2.06. The van der Waals surface area contributed by atoms with E-state index in [9.17, 15) is 0 Å². The molecule has 0 heterocycles. The Morgan fingerprint density at radius 2 is 1.64 bits per heavy atom. The molecule has 0 atom stereocenters. The summed E-state index contributed by atoms with van der Waals surface area (Å²) in [6.45, 7) is 4.36. The average molecular weight is 192 g/mol. The third kappa shape index (κ3) is 6.15. The highest BCUT2D eigenvalue weighted by Gasteiger charge is 1.90. The minimum Gasteiger partial charge on any atom is -0.186 e. The SMILES string of the molecule is CCCCc1ccc(C)cc1.O=C=O. The van der Waals surface area contributed by atoms with E-state index in [0.717, 1.165) is 0 Å². The van der Waals surface area contributed by atoms with E-state index in [1.807, 2.05) is 0 Å². The van der Waals surface area contributed by atoms with Crippen LogP contribution in [0.4, 0.5) is 0 Å². The van der Waals surface area contributed by atoms with Gasteiger partial charge in [-0.2, -0.15) is 9.59 Å². The van der Waals surface area contributed by atoms with Crippen molar-refractivity contribution in [3.8, 4) is 0 Å². The molecule has 0 saturated carbocycles. The van der Waals surface area contributed by atoms with Gasteiger partial charge in [0.25, 0.3) is 0 Å². The van der Waals surface area contributed by atoms with Gasteiger partial charge in [0.05, 0.1) is 0 Å². The molecule has 0 radical (unpaired) electrons. The number of aryl methyl sites for hydroxylation is 2. The molecule has 0 amide bonds. The zero-order valence-electron chi connectivity index (χ0n) is 8.75. The van der Waals surface area contributed by atoms with Gasteiger partial charge in [-0.15, -0.1) is 0 Å². The lowest BCUT2D eigenvalue weighted by Crippen LogP contribution is -1.83. The van der Waals surface area contributed by atoms with E-state index >= 15 is 0 Å². The smallest absolute Gasteiger partial charge is 0.186 e. The van der Waals surface area contributed by atoms with Gasteiger partial charge in [0.15, 0.2) is 0 Å². The Morgan fingerprint density at radius 1 is 1.14 bits per heavy atom. The second kappa shape index (κ2) is 8.21. The lowest BCUT2D eigenvalue weighted by Gasteiger charge is -1.99. The first-order chi connectivity index (χ1) is 6.74. The zero-order valence-corrected chi connectivity index (χ0v) is 8.75. The van der Waals surface area contributed by atoms with E-state index in [1.165, 1.54) is 30.4 Å². The Bertz CT molecular complexity index is 269. The molecule has 1 aromatic carbocycles. The Hall–Kier alpha value is -1.40. The maximum atomic E-state index is 8.12. The Morgan fingerprint density at radius 3 is 2.07 bits per heavy atom. The van der Waals surface area contributed by atoms with E-state index in [-0.39, 0.29) is 6.15 Å². The largest absolute Gasteiger partial charge is 0.373 e. The van der Waals surface area contributed by atoms with Crippen molar-refractivity contribution in [1.82, 2.24) is 0 Å². The average Bonchev–Trinajstić information content (AvgIpc) is 2.18. The van der Waals surface area contributed by atoms with Crippen LogP contribution < -0.4 is 0 Å². The van der Waals surface area contributed by atoms with E-state index in [0.29, 0.717) is 0 Å². The third-order valence-electron chi connectivity index (χ3n) is 1.94. The van der Waals surface area contributed by atoms with Crippen LogP contribution in [-0.2, 0) is 16.0 Å². The van der Waals surface area contributed by atoms with Crippen LogP contribution in [0.1, 0.15) is 30.9 Å². The number of benzene rings is 1. The van der Waals surface area contributed by atoms with Gasteiger partial charge in [0, 0.05) is 0 Å². The quantitative estimate of drug-likeness (QED) is 0.738. The van der Waals surface area contributed by atoms with Gasteiger partial charge >= 0.3 is 6.15 Å². The Kier molecular flexibility index (Phi) is 7.39. The number of carbonyl (C=O) groups excluding carboxylic acids is 2. The van der Waals surface area contributed by atoms with Crippen LogP contribution in [0.2, 0.25) is 0 Å². The lowest BCUT2D eigenvalue weighted by atomic mass is 10.1. The molecule has 0 bridgehead atoms. The van der Waals surface area contributed by atoms with Crippen molar-refractivity contribution in [3.63, 3.8) is 0 Å². The van der Waals surface area contributed by atoms with Crippen molar-refractivity contribution >= 4 is 6.15 Å². The third-order valence-corrected chi connectivity index (χ3v) is 1.94. The number of hydrogen-bond acceptors (Lipinski definition) is 2. The molecule has 76 valence electrons. The number of unbranched alkanes of at least 4 members (excludes halogenated alkanes) is 1. The normalized spacial score (nSPS) is 8.43. The van der Waals surface area contributed by atoms with E-state index in [1.54, 1.807) is 0 Å². The predicted molar refractivity (Wildman–Crippen MR) is 54.8 cm³/mol. The van der Waals surface area contributed by atoms with Crippen LogP contribution >= 0.6 is 0 Å². The van der Waals surface area contributed by atoms with Gasteiger partial charge in [-0.25, -0.2) is 0 Å². The summed E-state index contributed by atoms with van der Waals surface area (Å²) < 4.78 is 0. The Balaban J connectivity index is 0.000000500. The second-order valence-electron chi connectivity index (χ2n) is 3.17. The molecule has 1 rings (SSSR count). The number of hydrogen-bond donors (Lipinski definition) is 0. The van der Waals surface area contributed by atoms with Crippen molar-refractivity contribution in [1.29, 1.82) is 0 Å². The van der Waals surface area contributed by atoms with Crippen molar-refractivity contribution in [2.24, 2.45) is 0 Å². The minimum atomic E-state index is 0.250. The Labute approximate surface area is 84.9 Å². The van der Waals surface area contributed by atoms with Crippen molar-refractivity contribution in [2.75, 3.05) is 0 Å². The van der Waals surface area contributed by atoms with Crippen LogP contribution in [0.3, 0.4) is 0 Å². The molecule has 14 heavy (non-hydrogen) atoms. The van der Waals surface area contributed by atoms with Crippen molar-refractivity contribution in [3.05, 3.63) is 35.4 Å². The van der Waals surface area contributed by atoms with Gasteiger partial charge in [0.1, 0.15) is 0 Å². The first kappa shape index (κ1) is 12.6. The summed E-state index contributed by atoms with van der Waals surface area (Å²) in [6.07, 6.45) is 4.08. The molecule has 1 aromatic rings. The van der Waals surface area contributed by atoms with E-state index in [4.69, 9.17) is 9.59 Å². The van der Waals surface area contributed by atoms with Gasteiger partial charge in [-0.05, 0) is 25.3 Å². The fourth-order valence-corrected chi connectivity index (χ4v) is 1.14. The number of rotatable bonds is 3. The van der Waals surface area contributed by atoms with E-state index < -0.39 is 0 Å². The topological polar surface area (TPSA) is 34.1 Å². The lowest BCUT2D eigenvalue weighted by molar-refractivity contribution is -0.191. The minimum absolute atomic E-state index is 0.250. The molecule has 0 aliphatic carbocycles. The van der Waals surface area contributed by atoms with Crippen LogP contribution in [0, 0.1) is 6.92 Å². The highest BCUT2D eigenvalue weighted by molar-refractivity contribution is 5.21. The summed E-state index contributed by atoms with van der Waals surface area (Å²) in [5.41, 5.74) is 2.82. The maximum Gasteiger partial charge on any atom is 0.373 e. The summed E-state index contributed by atoms with van der Waals surface area (Å²) in [6, 6.07) is 8.83. The van der Waals surface area contributed by atoms with Crippen LogP contribution in [0.25, 0.3) is 0 Å². The molecule has 0 unspecified atom stereocenters. The van der Waals surface area contributed by atoms with Gasteiger partial charge in [0.2, 0.25) is 0 Å². The molecule has 0 saturated heterocycles. The molecule has 2 heteroatoms. The molecular formula is C12H16O2. The fourth-order valence-electron chi connectivity index (χ4n) is 1.14. The molecule has 0 fully saturated rings. The molecule has 0 aliphatic heterocycles. The summed E-state index contributed by atoms with van der Waals surface area (Å²) in [4.78, 5) is 16.2. The van der Waals surface area contributed by atoms with Crippen LogP contribution in [0.5, 0.6) is 0 Å². The molecular weight excluding hydrogens is 176 g/mol. The molecule has 0 N–H and O–H groups in total. The highest BCUT2D eigenvalue weighted by atomic mass is 16.2. The second-order valence-corrected chi connectivity index (χ2v) is 3.17. The maximum absolute atomic E-state index is 8.12. The fraction of sp³-hybridized carbons (Fsp3) is 0.417. The summed E-state index contributed by atoms with van der Waals surface area (Å²) >= 11 is 0. The van der Waals surface area contributed by atoms with Crippen LogP contribution in [-0.4, -0.2) is 6.15 Å². The van der Waals surface area contributed by atoms with Crippen LogP contribution in [0.15, 0.2) is 24.3 Å². The molecule has 2 nitrogen and oxygen atoms in total. The van der Waals surface area contributed by atoms with E-state index in [2.05, 4.69) is 38.1 Å². The van der Waals surface area contributed by atoms with Gasteiger partial charge in [-0.1, -0.05) is 43.2 Å². The molecule has 0 spiro atoms. The summed E-state index contributed by atoms with van der Waals surface area (Å²) in [5, 5.41) is 0. The van der Waals surface area contributed by atoms with Gasteiger partial charge in [-0.3, -0.25) is 0 Å². The first-order valence-corrected chi connectivity index (χ1v) is 4.79. The molecule has 0 aromatic heterocycles. The first-order valence-electron chi connectivity index (χ1n) is 4.79. The van der Waals surface area contributed by atoms with Crippen molar-refractivity contribution in [2.45, 2.75) is 33.1 Å². The summed E-state index contributed by atoms with van der Waals surface area (Å²) in [7, 11) is 0. The van der Waals surface area contributed by atoms with Gasteiger partial charge < -0.3 is 0 Å². The molecule has 0 aliphatic rings. The zero-order chi connectivity index (χ0) is 10.8. The predicted octanol–water partition coefficient (Wildman–Crippen LogP) is 2.75.